The molecule has 0 saturated carbocycles. The van der Waals surface area contributed by atoms with Crippen LogP contribution in [-0.4, -0.2) is 38.6 Å². The first-order valence-electron chi connectivity index (χ1n) is 5.41. The molecule has 1 atom stereocenters. The molecule has 1 aromatic carbocycles. The van der Waals surface area contributed by atoms with Gasteiger partial charge in [-0.25, -0.2) is 12.8 Å². The summed E-state index contributed by atoms with van der Waals surface area (Å²) >= 11 is 0. The van der Waals surface area contributed by atoms with E-state index in [4.69, 9.17) is 0 Å². The summed E-state index contributed by atoms with van der Waals surface area (Å²) in [6.45, 7) is 1.48. The predicted octanol–water partition coefficient (Wildman–Crippen LogP) is 0.732. The minimum atomic E-state index is -3.16. The second kappa shape index (κ2) is 4.72. The Hall–Kier alpha value is -0.980. The fraction of sp³-hybridized carbons (Fsp3) is 0.455. The van der Waals surface area contributed by atoms with Gasteiger partial charge in [0.05, 0.1) is 6.26 Å². The van der Waals surface area contributed by atoms with Crippen LogP contribution < -0.4 is 5.32 Å². The molecule has 0 aromatic heterocycles. The monoisotopic (exact) mass is 258 g/mol. The molecule has 1 aliphatic rings. The number of piperazine rings is 1. The Kier molecular flexibility index (Phi) is 3.46. The molecule has 94 valence electrons. The van der Waals surface area contributed by atoms with Crippen molar-refractivity contribution >= 4 is 10.0 Å². The van der Waals surface area contributed by atoms with Crippen molar-refractivity contribution in [2.45, 2.75) is 6.04 Å². The molecule has 0 unspecified atom stereocenters. The van der Waals surface area contributed by atoms with Crippen LogP contribution in [0.4, 0.5) is 4.39 Å². The van der Waals surface area contributed by atoms with Crippen molar-refractivity contribution in [1.82, 2.24) is 9.62 Å². The SMILES string of the molecule is CS(=O)(=O)N1CCN[C@H](c2ccc(F)cc2)C1. The lowest BCUT2D eigenvalue weighted by atomic mass is 10.1. The standard InChI is InChI=1S/C11H15FN2O2S/c1-17(15,16)14-7-6-13-11(8-14)9-2-4-10(12)5-3-9/h2-5,11,13H,6-8H2,1H3/t11-/m0/s1. The van der Waals surface area contributed by atoms with E-state index < -0.39 is 10.0 Å². The molecular formula is C11H15FN2O2S. The number of hydrogen-bond acceptors (Lipinski definition) is 3. The molecule has 0 aliphatic carbocycles. The van der Waals surface area contributed by atoms with Gasteiger partial charge in [-0.2, -0.15) is 4.31 Å². The Morgan fingerprint density at radius 3 is 2.59 bits per heavy atom. The largest absolute Gasteiger partial charge is 0.308 e. The molecule has 17 heavy (non-hydrogen) atoms. The number of benzene rings is 1. The lowest BCUT2D eigenvalue weighted by molar-refractivity contribution is 0.303. The van der Waals surface area contributed by atoms with Crippen LogP contribution in [0.25, 0.3) is 0 Å². The minimum absolute atomic E-state index is 0.0703. The minimum Gasteiger partial charge on any atom is -0.308 e. The average Bonchev–Trinajstić information content (AvgIpc) is 2.29. The second-order valence-electron chi connectivity index (χ2n) is 4.18. The summed E-state index contributed by atoms with van der Waals surface area (Å²) in [5.41, 5.74) is 0.903. The Labute approximate surface area is 100 Å². The van der Waals surface area contributed by atoms with Crippen molar-refractivity contribution < 1.29 is 12.8 Å². The first-order valence-corrected chi connectivity index (χ1v) is 7.25. The molecule has 1 fully saturated rings. The average molecular weight is 258 g/mol. The van der Waals surface area contributed by atoms with Gasteiger partial charge in [0.2, 0.25) is 10.0 Å². The van der Waals surface area contributed by atoms with Gasteiger partial charge in [-0.15, -0.1) is 0 Å². The fourth-order valence-electron chi connectivity index (χ4n) is 1.94. The van der Waals surface area contributed by atoms with Crippen molar-refractivity contribution in [2.24, 2.45) is 0 Å². The molecule has 1 N–H and O–H groups in total. The van der Waals surface area contributed by atoms with Crippen LogP contribution in [-0.2, 0) is 10.0 Å². The Morgan fingerprint density at radius 1 is 1.35 bits per heavy atom. The van der Waals surface area contributed by atoms with Gasteiger partial charge in [0, 0.05) is 25.7 Å². The summed E-state index contributed by atoms with van der Waals surface area (Å²) in [5.74, 6) is -0.287. The van der Waals surface area contributed by atoms with Crippen molar-refractivity contribution in [1.29, 1.82) is 0 Å². The van der Waals surface area contributed by atoms with E-state index in [-0.39, 0.29) is 11.9 Å². The topological polar surface area (TPSA) is 49.4 Å². The lowest BCUT2D eigenvalue weighted by Crippen LogP contribution is -2.47. The van der Waals surface area contributed by atoms with E-state index in [1.165, 1.54) is 22.7 Å². The maximum absolute atomic E-state index is 12.8. The molecule has 2 rings (SSSR count). The highest BCUT2D eigenvalue weighted by molar-refractivity contribution is 7.88. The van der Waals surface area contributed by atoms with E-state index in [2.05, 4.69) is 5.32 Å². The Morgan fingerprint density at radius 2 is 2.00 bits per heavy atom. The molecule has 0 radical (unpaired) electrons. The first kappa shape index (κ1) is 12.5. The summed E-state index contributed by atoms with van der Waals surface area (Å²) in [7, 11) is -3.16. The summed E-state index contributed by atoms with van der Waals surface area (Å²) in [6.07, 6.45) is 1.21. The van der Waals surface area contributed by atoms with Gasteiger partial charge in [0.1, 0.15) is 5.82 Å². The summed E-state index contributed by atoms with van der Waals surface area (Å²) in [4.78, 5) is 0. The van der Waals surface area contributed by atoms with Gasteiger partial charge in [0.25, 0.3) is 0 Å². The predicted molar refractivity (Wildman–Crippen MR) is 63.6 cm³/mol. The van der Waals surface area contributed by atoms with Gasteiger partial charge in [-0.1, -0.05) is 12.1 Å². The van der Waals surface area contributed by atoms with Gasteiger partial charge >= 0.3 is 0 Å². The zero-order chi connectivity index (χ0) is 12.5. The Bertz CT molecular complexity index is 487. The maximum Gasteiger partial charge on any atom is 0.211 e. The molecule has 4 nitrogen and oxygen atoms in total. The Balaban J connectivity index is 2.15. The van der Waals surface area contributed by atoms with Crippen LogP contribution in [0.15, 0.2) is 24.3 Å². The normalized spacial score (nSPS) is 22.6. The molecule has 1 heterocycles. The first-order chi connectivity index (χ1) is 7.97. The maximum atomic E-state index is 12.8. The van der Waals surface area contributed by atoms with E-state index in [9.17, 15) is 12.8 Å². The van der Waals surface area contributed by atoms with E-state index in [1.807, 2.05) is 0 Å². The van der Waals surface area contributed by atoms with Crippen molar-refractivity contribution in [3.63, 3.8) is 0 Å². The highest BCUT2D eigenvalue weighted by Crippen LogP contribution is 2.19. The highest BCUT2D eigenvalue weighted by atomic mass is 32.2. The zero-order valence-corrected chi connectivity index (χ0v) is 10.4. The third-order valence-electron chi connectivity index (χ3n) is 2.88. The van der Waals surface area contributed by atoms with E-state index in [1.54, 1.807) is 12.1 Å². The third kappa shape index (κ3) is 3.02. The van der Waals surface area contributed by atoms with Crippen LogP contribution in [0, 0.1) is 5.82 Å². The molecular weight excluding hydrogens is 243 g/mol. The van der Waals surface area contributed by atoms with Crippen molar-refractivity contribution in [2.75, 3.05) is 25.9 Å². The molecule has 0 spiro atoms. The zero-order valence-electron chi connectivity index (χ0n) is 9.56. The van der Waals surface area contributed by atoms with E-state index in [0.717, 1.165) is 5.56 Å². The fourth-order valence-corrected chi connectivity index (χ4v) is 2.79. The van der Waals surface area contributed by atoms with Crippen LogP contribution in [0.5, 0.6) is 0 Å². The lowest BCUT2D eigenvalue weighted by Gasteiger charge is -2.32. The second-order valence-corrected chi connectivity index (χ2v) is 6.16. The number of nitrogens with zero attached hydrogens (tertiary/aromatic N) is 1. The van der Waals surface area contributed by atoms with E-state index >= 15 is 0 Å². The molecule has 0 amide bonds. The molecule has 6 heteroatoms. The van der Waals surface area contributed by atoms with E-state index in [0.29, 0.717) is 19.6 Å². The summed E-state index contributed by atoms with van der Waals surface area (Å²) in [5, 5.41) is 3.23. The highest BCUT2D eigenvalue weighted by Gasteiger charge is 2.26. The van der Waals surface area contributed by atoms with Gasteiger partial charge in [0.15, 0.2) is 0 Å². The van der Waals surface area contributed by atoms with Gasteiger partial charge < -0.3 is 5.32 Å². The van der Waals surface area contributed by atoms with Crippen molar-refractivity contribution in [3.05, 3.63) is 35.6 Å². The number of rotatable bonds is 2. The smallest absolute Gasteiger partial charge is 0.211 e. The quantitative estimate of drug-likeness (QED) is 0.851. The van der Waals surface area contributed by atoms with Gasteiger partial charge in [-0.05, 0) is 17.7 Å². The number of nitrogens with one attached hydrogen (secondary N) is 1. The molecule has 1 aliphatic heterocycles. The summed E-state index contributed by atoms with van der Waals surface area (Å²) in [6, 6.07) is 6.06. The number of hydrogen-bond donors (Lipinski definition) is 1. The number of sulfonamides is 1. The van der Waals surface area contributed by atoms with Crippen LogP contribution >= 0.6 is 0 Å². The van der Waals surface area contributed by atoms with Crippen LogP contribution in [0.2, 0.25) is 0 Å². The summed E-state index contributed by atoms with van der Waals surface area (Å²) < 4.78 is 37.1. The molecule has 1 aromatic rings. The van der Waals surface area contributed by atoms with Crippen molar-refractivity contribution in [3.8, 4) is 0 Å². The van der Waals surface area contributed by atoms with Gasteiger partial charge in [-0.3, -0.25) is 0 Å². The molecule has 0 bridgehead atoms. The number of halogens is 1. The van der Waals surface area contributed by atoms with Crippen LogP contribution in [0.1, 0.15) is 11.6 Å². The third-order valence-corrected chi connectivity index (χ3v) is 4.15. The molecule has 1 saturated heterocycles. The van der Waals surface area contributed by atoms with Crippen LogP contribution in [0.3, 0.4) is 0 Å².